The highest BCUT2D eigenvalue weighted by Gasteiger charge is 2.17. The van der Waals surface area contributed by atoms with Crippen LogP contribution in [0.4, 0.5) is 5.69 Å². The van der Waals surface area contributed by atoms with Gasteiger partial charge in [0.1, 0.15) is 6.07 Å². The zero-order chi connectivity index (χ0) is 14.4. The van der Waals surface area contributed by atoms with Gasteiger partial charge in [-0.2, -0.15) is 5.26 Å². The first-order valence-corrected chi connectivity index (χ1v) is 7.09. The standard InChI is InChI=1S/C14H18N2O2S/c1-4-19-13-7-5-6-12(11(13)8-15)16(3)9-10(2)14(17)18/h5-7,10H,4,9H2,1-3H3,(H,17,18). The average Bonchev–Trinajstić information content (AvgIpc) is 2.38. The fourth-order valence-electron chi connectivity index (χ4n) is 1.81. The molecule has 0 radical (unpaired) electrons. The Bertz CT molecular complexity index is 497. The van der Waals surface area contributed by atoms with E-state index in [-0.39, 0.29) is 0 Å². The Hall–Kier alpha value is -1.67. The van der Waals surface area contributed by atoms with Crippen molar-refractivity contribution in [1.29, 1.82) is 5.26 Å². The number of nitriles is 1. The van der Waals surface area contributed by atoms with Crippen molar-refractivity contribution in [3.8, 4) is 6.07 Å². The number of nitrogens with zero attached hydrogens (tertiary/aromatic N) is 2. The zero-order valence-corrected chi connectivity index (χ0v) is 12.2. The van der Waals surface area contributed by atoms with Crippen LogP contribution in [0.3, 0.4) is 0 Å². The molecule has 1 aromatic rings. The fourth-order valence-corrected chi connectivity index (χ4v) is 2.59. The Balaban J connectivity index is 3.03. The molecule has 4 nitrogen and oxygen atoms in total. The summed E-state index contributed by atoms with van der Waals surface area (Å²) in [5, 5.41) is 18.3. The highest BCUT2D eigenvalue weighted by molar-refractivity contribution is 7.99. The number of anilines is 1. The number of hydrogen-bond acceptors (Lipinski definition) is 4. The molecule has 0 fully saturated rings. The van der Waals surface area contributed by atoms with Crippen LogP contribution < -0.4 is 4.90 Å². The van der Waals surface area contributed by atoms with Crippen LogP contribution in [-0.4, -0.2) is 30.4 Å². The van der Waals surface area contributed by atoms with Crippen LogP contribution in [0.25, 0.3) is 0 Å². The third-order valence-electron chi connectivity index (χ3n) is 2.80. The van der Waals surface area contributed by atoms with Gasteiger partial charge in [-0.3, -0.25) is 4.79 Å². The van der Waals surface area contributed by atoms with Crippen molar-refractivity contribution in [1.82, 2.24) is 0 Å². The molecule has 0 aromatic heterocycles. The lowest BCUT2D eigenvalue weighted by Gasteiger charge is -2.23. The first kappa shape index (κ1) is 15.4. The molecule has 0 heterocycles. The van der Waals surface area contributed by atoms with Crippen molar-refractivity contribution in [2.75, 3.05) is 24.2 Å². The minimum atomic E-state index is -0.829. The molecule has 102 valence electrons. The van der Waals surface area contributed by atoms with Gasteiger partial charge in [0.2, 0.25) is 0 Å². The van der Waals surface area contributed by atoms with E-state index in [1.165, 1.54) is 0 Å². The molecule has 0 amide bonds. The molecule has 0 aliphatic rings. The number of thioether (sulfide) groups is 1. The molecule has 1 rings (SSSR count). The predicted molar refractivity (Wildman–Crippen MR) is 77.6 cm³/mol. The summed E-state index contributed by atoms with van der Waals surface area (Å²) in [6.45, 7) is 4.08. The summed E-state index contributed by atoms with van der Waals surface area (Å²) in [4.78, 5) is 13.7. The molecule has 5 heteroatoms. The van der Waals surface area contributed by atoms with E-state index in [0.717, 1.165) is 16.3 Å². The summed E-state index contributed by atoms with van der Waals surface area (Å²) in [5.74, 6) is -0.406. The van der Waals surface area contributed by atoms with Gasteiger partial charge < -0.3 is 10.0 Å². The SMILES string of the molecule is CCSc1cccc(N(C)CC(C)C(=O)O)c1C#N. The summed E-state index contributed by atoms with van der Waals surface area (Å²) < 4.78 is 0. The van der Waals surface area contributed by atoms with E-state index < -0.39 is 11.9 Å². The van der Waals surface area contributed by atoms with Gasteiger partial charge >= 0.3 is 5.97 Å². The van der Waals surface area contributed by atoms with E-state index in [1.54, 1.807) is 18.7 Å². The molecule has 1 atom stereocenters. The molecule has 0 saturated carbocycles. The molecule has 1 aromatic carbocycles. The second-order valence-electron chi connectivity index (χ2n) is 4.31. The maximum absolute atomic E-state index is 10.9. The lowest BCUT2D eigenvalue weighted by atomic mass is 10.1. The van der Waals surface area contributed by atoms with Crippen LogP contribution in [0.15, 0.2) is 23.1 Å². The molecule has 0 spiro atoms. The van der Waals surface area contributed by atoms with E-state index in [0.29, 0.717) is 12.1 Å². The Morgan fingerprint density at radius 1 is 1.58 bits per heavy atom. The maximum atomic E-state index is 10.9. The number of rotatable bonds is 6. The summed E-state index contributed by atoms with van der Waals surface area (Å²) in [6.07, 6.45) is 0. The Morgan fingerprint density at radius 2 is 2.26 bits per heavy atom. The smallest absolute Gasteiger partial charge is 0.308 e. The van der Waals surface area contributed by atoms with Crippen LogP contribution in [0.2, 0.25) is 0 Å². The predicted octanol–water partition coefficient (Wildman–Crippen LogP) is 2.83. The minimum absolute atomic E-state index is 0.379. The van der Waals surface area contributed by atoms with Gasteiger partial charge in [-0.25, -0.2) is 0 Å². The van der Waals surface area contributed by atoms with Crippen molar-refractivity contribution in [2.45, 2.75) is 18.7 Å². The van der Waals surface area contributed by atoms with E-state index in [9.17, 15) is 10.1 Å². The third-order valence-corrected chi connectivity index (χ3v) is 3.74. The van der Waals surface area contributed by atoms with Crippen LogP contribution in [0, 0.1) is 17.2 Å². The molecule has 1 N–H and O–H groups in total. The molecular weight excluding hydrogens is 260 g/mol. The summed E-state index contributed by atoms with van der Waals surface area (Å²) >= 11 is 1.62. The molecule has 0 aliphatic carbocycles. The average molecular weight is 278 g/mol. The second-order valence-corrected chi connectivity index (χ2v) is 5.62. The molecular formula is C14H18N2O2S. The molecule has 0 aliphatic heterocycles. The largest absolute Gasteiger partial charge is 0.481 e. The number of carboxylic acids is 1. The van der Waals surface area contributed by atoms with Crippen molar-refractivity contribution >= 4 is 23.4 Å². The fraction of sp³-hybridized carbons (Fsp3) is 0.429. The molecule has 0 saturated heterocycles. The minimum Gasteiger partial charge on any atom is -0.481 e. The van der Waals surface area contributed by atoms with Crippen LogP contribution in [0.5, 0.6) is 0 Å². The van der Waals surface area contributed by atoms with Crippen molar-refractivity contribution < 1.29 is 9.90 Å². The zero-order valence-electron chi connectivity index (χ0n) is 11.4. The van der Waals surface area contributed by atoms with Gasteiger partial charge in [0.05, 0.1) is 17.2 Å². The van der Waals surface area contributed by atoms with E-state index in [4.69, 9.17) is 5.11 Å². The number of carboxylic acid groups (broad SMARTS) is 1. The summed E-state index contributed by atoms with van der Waals surface area (Å²) in [7, 11) is 1.82. The monoisotopic (exact) mass is 278 g/mol. The maximum Gasteiger partial charge on any atom is 0.308 e. The Kier molecular flexibility index (Phi) is 5.71. The van der Waals surface area contributed by atoms with Crippen molar-refractivity contribution in [3.05, 3.63) is 23.8 Å². The summed E-state index contributed by atoms with van der Waals surface area (Å²) in [6, 6.07) is 7.90. The molecule has 19 heavy (non-hydrogen) atoms. The van der Waals surface area contributed by atoms with Gasteiger partial charge in [-0.15, -0.1) is 11.8 Å². The highest BCUT2D eigenvalue weighted by Crippen LogP contribution is 2.29. The van der Waals surface area contributed by atoms with Gasteiger partial charge in [-0.05, 0) is 17.9 Å². The van der Waals surface area contributed by atoms with Crippen molar-refractivity contribution in [3.63, 3.8) is 0 Å². The first-order chi connectivity index (χ1) is 9.01. The van der Waals surface area contributed by atoms with Crippen LogP contribution in [0.1, 0.15) is 19.4 Å². The van der Waals surface area contributed by atoms with E-state index >= 15 is 0 Å². The first-order valence-electron chi connectivity index (χ1n) is 6.11. The number of carbonyl (C=O) groups is 1. The second kappa shape index (κ2) is 7.05. The summed E-state index contributed by atoms with van der Waals surface area (Å²) in [5.41, 5.74) is 1.41. The highest BCUT2D eigenvalue weighted by atomic mass is 32.2. The van der Waals surface area contributed by atoms with E-state index in [1.807, 2.05) is 37.1 Å². The number of benzene rings is 1. The number of aliphatic carboxylic acids is 1. The van der Waals surface area contributed by atoms with Crippen LogP contribution in [-0.2, 0) is 4.79 Å². The van der Waals surface area contributed by atoms with E-state index in [2.05, 4.69) is 6.07 Å². The molecule has 1 unspecified atom stereocenters. The quantitative estimate of drug-likeness (QED) is 0.811. The van der Waals surface area contributed by atoms with Gasteiger partial charge in [0.15, 0.2) is 0 Å². The van der Waals surface area contributed by atoms with Crippen LogP contribution >= 0.6 is 11.8 Å². The molecule has 0 bridgehead atoms. The van der Waals surface area contributed by atoms with Gasteiger partial charge in [-0.1, -0.05) is 19.9 Å². The lowest BCUT2D eigenvalue weighted by Crippen LogP contribution is -2.29. The normalized spacial score (nSPS) is 11.7. The Morgan fingerprint density at radius 3 is 2.79 bits per heavy atom. The number of hydrogen-bond donors (Lipinski definition) is 1. The van der Waals surface area contributed by atoms with Gasteiger partial charge in [0, 0.05) is 18.5 Å². The third kappa shape index (κ3) is 3.90. The van der Waals surface area contributed by atoms with Crippen molar-refractivity contribution in [2.24, 2.45) is 5.92 Å². The Labute approximate surface area is 118 Å². The van der Waals surface area contributed by atoms with Gasteiger partial charge in [0.25, 0.3) is 0 Å². The topological polar surface area (TPSA) is 64.3 Å². The lowest BCUT2D eigenvalue weighted by molar-refractivity contribution is -0.140.